The van der Waals surface area contributed by atoms with E-state index >= 15 is 0 Å². The van der Waals surface area contributed by atoms with Crippen molar-refractivity contribution in [1.29, 1.82) is 0 Å². The maximum atomic E-state index is 12.8. The first kappa shape index (κ1) is 56.6. The van der Waals surface area contributed by atoms with Crippen LogP contribution in [0.3, 0.4) is 0 Å². The molecule has 0 aromatic rings. The van der Waals surface area contributed by atoms with Gasteiger partial charge in [-0.05, 0) is 70.6 Å². The van der Waals surface area contributed by atoms with Gasteiger partial charge in [0.15, 0.2) is 6.10 Å². The molecule has 0 spiro atoms. The molecular weight excluding hydrogens is 803 g/mol. The highest BCUT2D eigenvalue weighted by atomic mass is 31.2. The lowest BCUT2D eigenvalue weighted by molar-refractivity contribution is -0.220. The van der Waals surface area contributed by atoms with Crippen LogP contribution in [0.5, 0.6) is 0 Å². The molecule has 6 unspecified atom stereocenters. The molecule has 1 rings (SSSR count). The molecule has 0 amide bonds. The molecule has 1 aliphatic rings. The first-order chi connectivity index (χ1) is 29.4. The number of aliphatic hydroxyl groups is 5. The summed E-state index contributed by atoms with van der Waals surface area (Å²) < 4.78 is 33.5. The highest BCUT2D eigenvalue weighted by molar-refractivity contribution is 7.47. The fourth-order valence-corrected chi connectivity index (χ4v) is 7.52. The van der Waals surface area contributed by atoms with E-state index in [1.54, 1.807) is 0 Å². The summed E-state index contributed by atoms with van der Waals surface area (Å²) in [6.45, 7) is 3.17. The molecule has 0 bridgehead atoms. The third kappa shape index (κ3) is 29.5. The maximum Gasteiger partial charge on any atom is 0.472 e. The Balaban J connectivity index is 2.49. The van der Waals surface area contributed by atoms with Gasteiger partial charge in [0.1, 0.15) is 43.2 Å². The van der Waals surface area contributed by atoms with E-state index in [1.807, 2.05) is 0 Å². The number of rotatable bonds is 37. The Labute approximate surface area is 366 Å². The van der Waals surface area contributed by atoms with Gasteiger partial charge in [-0.3, -0.25) is 18.6 Å². The average molecular weight is 885 g/mol. The molecule has 1 aliphatic carbocycles. The second-order valence-electron chi connectivity index (χ2n) is 15.9. The van der Waals surface area contributed by atoms with E-state index in [4.69, 9.17) is 18.5 Å². The van der Waals surface area contributed by atoms with Crippen LogP contribution in [0.4, 0.5) is 0 Å². The predicted octanol–water partition coefficient (Wildman–Crippen LogP) is 8.94. The molecule has 0 aliphatic heterocycles. The van der Waals surface area contributed by atoms with E-state index in [0.717, 1.165) is 77.0 Å². The molecular formula is C47H81O13P. The standard InChI is InChI=1S/C47H81O13P/c1-3-5-7-9-11-13-15-17-19-20-22-23-25-27-29-31-33-35-40(48)57-37-39(38-58-61(55,56)60-47-45(53)43(51)42(50)44(52)46(47)54)59-41(49)36-34-32-30-28-26-24-21-18-16-14-12-10-8-6-4-2/h7,9-10,12-13,15,19-20,23,25,39,42-47,50-54H,3-6,8,11,14,16-18,21-22,24,26-38H2,1-2H3,(H,55,56)/b9-7+,12-10+,15-13+,20-19+,25-23+/t39-,42?,43-,44?,45?,46?,47?/m0/s1. The topological polar surface area (TPSA) is 210 Å². The summed E-state index contributed by atoms with van der Waals surface area (Å²) in [6, 6.07) is 0. The fraction of sp³-hybridized carbons (Fsp3) is 0.745. The van der Waals surface area contributed by atoms with Crippen molar-refractivity contribution >= 4 is 19.8 Å². The van der Waals surface area contributed by atoms with Crippen molar-refractivity contribution in [2.75, 3.05) is 13.2 Å². The molecule has 0 heterocycles. The molecule has 13 nitrogen and oxygen atoms in total. The number of hydrogen-bond acceptors (Lipinski definition) is 12. The zero-order valence-electron chi connectivity index (χ0n) is 37.2. The molecule has 0 aromatic carbocycles. The zero-order chi connectivity index (χ0) is 45.0. The van der Waals surface area contributed by atoms with Crippen LogP contribution >= 0.6 is 7.82 Å². The molecule has 352 valence electrons. The summed E-state index contributed by atoms with van der Waals surface area (Å²) in [4.78, 5) is 35.7. The van der Waals surface area contributed by atoms with Gasteiger partial charge < -0.3 is 39.9 Å². The van der Waals surface area contributed by atoms with Crippen LogP contribution in [0.15, 0.2) is 60.8 Å². The van der Waals surface area contributed by atoms with E-state index in [-0.39, 0.29) is 12.8 Å². The van der Waals surface area contributed by atoms with Gasteiger partial charge in [0.25, 0.3) is 0 Å². The summed E-state index contributed by atoms with van der Waals surface area (Å²) in [5, 5.41) is 50.1. The Morgan fingerprint density at radius 3 is 1.44 bits per heavy atom. The van der Waals surface area contributed by atoms with Gasteiger partial charge in [0, 0.05) is 12.8 Å². The summed E-state index contributed by atoms with van der Waals surface area (Å²) in [5.41, 5.74) is 0. The number of carbonyl (C=O) groups excluding carboxylic acids is 2. The SMILES string of the molecule is CCC/C=C/C/C=C/C/C=C/C/C=C/CCCCCC(=O)OC[C@@H](COP(=O)(O)OC1C(O)C(O)C(O)[C@H](O)C1O)OC(=O)CCCCCCCCCCC/C=C/CCCC. The van der Waals surface area contributed by atoms with Crippen molar-refractivity contribution in [3.05, 3.63) is 60.8 Å². The summed E-state index contributed by atoms with van der Waals surface area (Å²) in [7, 11) is -5.13. The van der Waals surface area contributed by atoms with E-state index in [0.29, 0.717) is 12.8 Å². The number of esters is 2. The van der Waals surface area contributed by atoms with Gasteiger partial charge >= 0.3 is 19.8 Å². The van der Waals surface area contributed by atoms with Crippen molar-refractivity contribution in [1.82, 2.24) is 0 Å². The Morgan fingerprint density at radius 2 is 0.918 bits per heavy atom. The van der Waals surface area contributed by atoms with Gasteiger partial charge in [-0.2, -0.15) is 0 Å². The van der Waals surface area contributed by atoms with Crippen LogP contribution in [0.1, 0.15) is 168 Å². The van der Waals surface area contributed by atoms with Crippen LogP contribution in [0.25, 0.3) is 0 Å². The molecule has 0 radical (unpaired) electrons. The highest BCUT2D eigenvalue weighted by Gasteiger charge is 2.51. The fourth-order valence-electron chi connectivity index (χ4n) is 6.55. The minimum Gasteiger partial charge on any atom is -0.462 e. The molecule has 0 aromatic heterocycles. The monoisotopic (exact) mass is 885 g/mol. The number of unbranched alkanes of at least 4 members (excludes halogenated alkanes) is 15. The number of ether oxygens (including phenoxy) is 2. The van der Waals surface area contributed by atoms with Crippen molar-refractivity contribution in [3.8, 4) is 0 Å². The smallest absolute Gasteiger partial charge is 0.462 e. The molecule has 6 N–H and O–H groups in total. The average Bonchev–Trinajstić information content (AvgIpc) is 3.24. The van der Waals surface area contributed by atoms with Gasteiger partial charge in [-0.25, -0.2) is 4.57 Å². The predicted molar refractivity (Wildman–Crippen MR) is 239 cm³/mol. The summed E-state index contributed by atoms with van der Waals surface area (Å²) in [6.07, 6.45) is 31.3. The quantitative estimate of drug-likeness (QED) is 0.0149. The van der Waals surface area contributed by atoms with E-state index < -0.39 is 75.7 Å². The highest BCUT2D eigenvalue weighted by Crippen LogP contribution is 2.47. The first-order valence-electron chi connectivity index (χ1n) is 23.1. The third-order valence-corrected chi connectivity index (χ3v) is 11.3. The van der Waals surface area contributed by atoms with Crippen molar-refractivity contribution in [2.45, 2.75) is 211 Å². The van der Waals surface area contributed by atoms with Gasteiger partial charge in [0.05, 0.1) is 6.61 Å². The molecule has 14 heteroatoms. The number of hydrogen-bond donors (Lipinski definition) is 6. The number of phosphoric acid groups is 1. The molecule has 61 heavy (non-hydrogen) atoms. The lowest BCUT2D eigenvalue weighted by atomic mass is 9.85. The maximum absolute atomic E-state index is 12.8. The normalized spacial score (nSPS) is 22.6. The number of carbonyl (C=O) groups is 2. The minimum atomic E-state index is -5.13. The largest absolute Gasteiger partial charge is 0.472 e. The van der Waals surface area contributed by atoms with Crippen LogP contribution in [0.2, 0.25) is 0 Å². The lowest BCUT2D eigenvalue weighted by Gasteiger charge is -2.41. The van der Waals surface area contributed by atoms with Crippen LogP contribution < -0.4 is 0 Å². The molecule has 1 saturated carbocycles. The minimum absolute atomic E-state index is 0.0847. The Bertz CT molecular complexity index is 1300. The summed E-state index contributed by atoms with van der Waals surface area (Å²) >= 11 is 0. The second-order valence-corrected chi connectivity index (χ2v) is 17.3. The first-order valence-corrected chi connectivity index (χ1v) is 24.6. The van der Waals surface area contributed by atoms with E-state index in [2.05, 4.69) is 74.6 Å². The molecule has 1 fully saturated rings. The van der Waals surface area contributed by atoms with Gasteiger partial charge in [-0.1, -0.05) is 145 Å². The third-order valence-electron chi connectivity index (χ3n) is 10.3. The van der Waals surface area contributed by atoms with E-state index in [1.165, 1.54) is 51.4 Å². The van der Waals surface area contributed by atoms with Crippen LogP contribution in [-0.4, -0.2) is 98.3 Å². The van der Waals surface area contributed by atoms with Crippen molar-refractivity contribution in [3.63, 3.8) is 0 Å². The Kier molecular flexibility index (Phi) is 34.3. The number of allylic oxidation sites excluding steroid dienone is 10. The van der Waals surface area contributed by atoms with Crippen molar-refractivity contribution in [2.24, 2.45) is 0 Å². The van der Waals surface area contributed by atoms with Crippen LogP contribution in [0, 0.1) is 0 Å². The number of phosphoric ester groups is 1. The number of aliphatic hydroxyl groups excluding tert-OH is 5. The lowest BCUT2D eigenvalue weighted by Crippen LogP contribution is -2.64. The Morgan fingerprint density at radius 1 is 0.508 bits per heavy atom. The van der Waals surface area contributed by atoms with Gasteiger partial charge in [-0.15, -0.1) is 0 Å². The molecule has 8 atom stereocenters. The van der Waals surface area contributed by atoms with Crippen LogP contribution in [-0.2, 0) is 32.7 Å². The van der Waals surface area contributed by atoms with E-state index in [9.17, 15) is 44.6 Å². The second kappa shape index (κ2) is 37.0. The zero-order valence-corrected chi connectivity index (χ0v) is 38.1. The van der Waals surface area contributed by atoms with Crippen molar-refractivity contribution < 1.29 is 63.1 Å². The summed E-state index contributed by atoms with van der Waals surface area (Å²) in [5.74, 6) is -1.14. The Hall–Kier alpha value is -2.45. The molecule has 0 saturated heterocycles. The van der Waals surface area contributed by atoms with Gasteiger partial charge in [0.2, 0.25) is 0 Å².